The molecule has 0 spiro atoms. The molecule has 0 aromatic carbocycles. The number of hydrogen-bond acceptors (Lipinski definition) is 9. The first kappa shape index (κ1) is 37.5. The maximum Gasteiger partial charge on any atom is 0.455 e. The Morgan fingerprint density at radius 2 is 1.05 bits per heavy atom. The third-order valence-electron chi connectivity index (χ3n) is 3.92. The Morgan fingerprint density at radius 1 is 0.649 bits per heavy atom. The van der Waals surface area contributed by atoms with Crippen molar-refractivity contribution in [2.24, 2.45) is 5.16 Å². The molecular formula is C22H56NO8PSi5. The minimum absolute atomic E-state index is 0.00136. The fourth-order valence-electron chi connectivity index (χ4n) is 3.28. The zero-order valence-electron chi connectivity index (χ0n) is 26.4. The Kier molecular flexibility index (Phi) is 14.7. The molecule has 9 nitrogen and oxygen atoms in total. The highest BCUT2D eigenvalue weighted by molar-refractivity contribution is 7.52. The molecule has 0 aromatic heterocycles. The smallest absolute Gasteiger partial charge is 0.412 e. The Bertz CT molecular complexity index is 735. The summed E-state index contributed by atoms with van der Waals surface area (Å²) in [7, 11) is -13.0. The van der Waals surface area contributed by atoms with E-state index in [9.17, 15) is 4.57 Å². The Morgan fingerprint density at radius 3 is 1.41 bits per heavy atom. The molecule has 0 aliphatic carbocycles. The van der Waals surface area contributed by atoms with E-state index in [1.54, 1.807) is 6.21 Å². The van der Waals surface area contributed by atoms with Crippen molar-refractivity contribution in [1.29, 1.82) is 0 Å². The molecule has 0 bridgehead atoms. The molecule has 0 radical (unpaired) electrons. The molecule has 3 unspecified atom stereocenters. The van der Waals surface area contributed by atoms with Gasteiger partial charge in [0.15, 0.2) is 41.6 Å². The van der Waals surface area contributed by atoms with Crippen molar-refractivity contribution >= 4 is 55.6 Å². The van der Waals surface area contributed by atoms with Crippen molar-refractivity contribution in [3.05, 3.63) is 0 Å². The SMILES string of the molecule is CO/N=C/CC(O[Si](C)(C)C)C(O[Si](C)(C)C)C(COP(=O)(O[Si](C)(C)C)O[Si](C)(C)C)O[Si](C)(C)C. The number of oxime groups is 1. The summed E-state index contributed by atoms with van der Waals surface area (Å²) in [4.78, 5) is 4.91. The van der Waals surface area contributed by atoms with Crippen LogP contribution in [0.4, 0.5) is 0 Å². The highest BCUT2D eigenvalue weighted by atomic mass is 31.2. The van der Waals surface area contributed by atoms with Gasteiger partial charge in [-0.15, -0.1) is 0 Å². The van der Waals surface area contributed by atoms with Crippen LogP contribution in [0.2, 0.25) is 98.2 Å². The zero-order valence-corrected chi connectivity index (χ0v) is 32.3. The van der Waals surface area contributed by atoms with Crippen molar-refractivity contribution in [2.75, 3.05) is 13.7 Å². The van der Waals surface area contributed by atoms with Gasteiger partial charge in [0, 0.05) is 12.6 Å². The normalized spacial score (nSPS) is 17.2. The molecule has 0 saturated heterocycles. The van der Waals surface area contributed by atoms with Crippen LogP contribution in [0.15, 0.2) is 5.16 Å². The first-order chi connectivity index (χ1) is 16.2. The second-order valence-electron chi connectivity index (χ2n) is 14.1. The zero-order chi connectivity index (χ0) is 29.5. The van der Waals surface area contributed by atoms with E-state index in [-0.39, 0.29) is 12.7 Å². The molecule has 0 rings (SSSR count). The first-order valence-corrected chi connectivity index (χ1v) is 31.5. The van der Waals surface area contributed by atoms with Gasteiger partial charge in [0.1, 0.15) is 7.11 Å². The standard InChI is InChI=1S/C22H56NO8PSi5/c1-25-23-18-17-20(27-33(2,3)4)22(29-35(8,9)10)21(28-34(5,6)7)19-26-32(24,30-36(11,12)13)31-37(14,15)16/h18,20-22H,17,19H2,1-16H3/b23-18+. The van der Waals surface area contributed by atoms with Crippen LogP contribution in [0.1, 0.15) is 6.42 Å². The summed E-state index contributed by atoms with van der Waals surface area (Å²) in [5, 5.41) is 3.95. The molecule has 0 N–H and O–H groups in total. The van der Waals surface area contributed by atoms with Crippen molar-refractivity contribution in [3.63, 3.8) is 0 Å². The van der Waals surface area contributed by atoms with Crippen molar-refractivity contribution < 1.29 is 35.6 Å². The second kappa shape index (κ2) is 14.4. The lowest BCUT2D eigenvalue weighted by atomic mass is 10.1. The Hall–Kier alpha value is 0.544. The van der Waals surface area contributed by atoms with Gasteiger partial charge in [-0.3, -0.25) is 4.52 Å². The average molecular weight is 634 g/mol. The van der Waals surface area contributed by atoms with Crippen LogP contribution in [0, 0.1) is 0 Å². The minimum atomic E-state index is -3.83. The van der Waals surface area contributed by atoms with Gasteiger partial charge in [-0.25, -0.2) is 4.57 Å². The molecule has 0 heterocycles. The van der Waals surface area contributed by atoms with Crippen LogP contribution in [-0.2, 0) is 35.6 Å². The highest BCUT2D eigenvalue weighted by Gasteiger charge is 2.43. The monoisotopic (exact) mass is 633 g/mol. The maximum absolute atomic E-state index is 13.9. The van der Waals surface area contributed by atoms with Crippen LogP contribution in [0.5, 0.6) is 0 Å². The van der Waals surface area contributed by atoms with E-state index in [1.807, 2.05) is 39.3 Å². The number of phosphoric acid groups is 1. The number of nitrogens with zero attached hydrogens (tertiary/aromatic N) is 1. The molecule has 0 fully saturated rings. The molecule has 0 amide bonds. The van der Waals surface area contributed by atoms with E-state index in [0.717, 1.165) is 0 Å². The summed E-state index contributed by atoms with van der Waals surface area (Å²) in [6.07, 6.45) is 0.816. The van der Waals surface area contributed by atoms with Gasteiger partial charge in [-0.05, 0) is 98.2 Å². The van der Waals surface area contributed by atoms with Gasteiger partial charge in [0.2, 0.25) is 0 Å². The topological polar surface area (TPSA) is 94.0 Å². The Balaban J connectivity index is 6.52. The highest BCUT2D eigenvalue weighted by Crippen LogP contribution is 2.54. The number of rotatable bonds is 18. The van der Waals surface area contributed by atoms with E-state index < -0.39 is 61.6 Å². The van der Waals surface area contributed by atoms with E-state index in [1.165, 1.54) is 7.11 Å². The summed E-state index contributed by atoms with van der Waals surface area (Å²) < 4.78 is 52.1. The third kappa shape index (κ3) is 20.1. The molecular weight excluding hydrogens is 578 g/mol. The molecule has 37 heavy (non-hydrogen) atoms. The van der Waals surface area contributed by atoms with Gasteiger partial charge >= 0.3 is 7.82 Å². The van der Waals surface area contributed by atoms with Crippen LogP contribution in [-0.4, -0.2) is 79.8 Å². The molecule has 0 aromatic rings. The summed E-state index contributed by atoms with van der Waals surface area (Å²) in [5.41, 5.74) is 0. The van der Waals surface area contributed by atoms with Crippen LogP contribution < -0.4 is 0 Å². The molecule has 0 aliphatic rings. The van der Waals surface area contributed by atoms with Gasteiger partial charge in [0.25, 0.3) is 0 Å². The summed E-state index contributed by atoms with van der Waals surface area (Å²) in [5.74, 6) is 0. The number of hydrogen-bond donors (Lipinski definition) is 0. The summed E-state index contributed by atoms with van der Waals surface area (Å²) in [6, 6.07) is 0. The fourth-order valence-corrected chi connectivity index (χ4v) is 13.3. The molecule has 15 heteroatoms. The predicted octanol–water partition coefficient (Wildman–Crippen LogP) is 7.50. The molecule has 3 atom stereocenters. The van der Waals surface area contributed by atoms with E-state index in [0.29, 0.717) is 6.42 Å². The largest absolute Gasteiger partial charge is 0.455 e. The molecule has 222 valence electrons. The summed E-state index contributed by atoms with van der Waals surface area (Å²) >= 11 is 0. The minimum Gasteiger partial charge on any atom is -0.412 e. The van der Waals surface area contributed by atoms with E-state index in [4.69, 9.17) is 31.1 Å². The van der Waals surface area contributed by atoms with Crippen LogP contribution in [0.25, 0.3) is 0 Å². The lowest BCUT2D eigenvalue weighted by Crippen LogP contribution is -2.54. The van der Waals surface area contributed by atoms with Gasteiger partial charge in [-0.1, -0.05) is 5.16 Å². The average Bonchev–Trinajstić information content (AvgIpc) is 2.56. The lowest BCUT2D eigenvalue weighted by molar-refractivity contribution is -0.0486. The fraction of sp³-hybridized carbons (Fsp3) is 0.955. The van der Waals surface area contributed by atoms with E-state index in [2.05, 4.69) is 64.1 Å². The van der Waals surface area contributed by atoms with Crippen molar-refractivity contribution in [3.8, 4) is 0 Å². The van der Waals surface area contributed by atoms with Crippen molar-refractivity contribution in [1.82, 2.24) is 0 Å². The quantitative estimate of drug-likeness (QED) is 0.0663. The van der Waals surface area contributed by atoms with Gasteiger partial charge in [-0.2, -0.15) is 0 Å². The van der Waals surface area contributed by atoms with Gasteiger partial charge in [0.05, 0.1) is 24.9 Å². The predicted molar refractivity (Wildman–Crippen MR) is 167 cm³/mol. The lowest BCUT2D eigenvalue weighted by Gasteiger charge is -2.42. The second-order valence-corrected chi connectivity index (χ2v) is 38.5. The molecule has 0 saturated carbocycles. The van der Waals surface area contributed by atoms with Gasteiger partial charge < -0.3 is 26.5 Å². The third-order valence-corrected chi connectivity index (χ3v) is 13.6. The van der Waals surface area contributed by atoms with Crippen LogP contribution >= 0.6 is 7.82 Å². The van der Waals surface area contributed by atoms with E-state index >= 15 is 0 Å². The summed E-state index contributed by atoms with van der Waals surface area (Å²) in [6.45, 7) is 31.0. The van der Waals surface area contributed by atoms with Crippen molar-refractivity contribution in [2.45, 2.75) is 123 Å². The van der Waals surface area contributed by atoms with Crippen LogP contribution in [0.3, 0.4) is 0 Å². The first-order valence-electron chi connectivity index (χ1n) is 13.0. The maximum atomic E-state index is 13.9. The molecule has 0 aliphatic heterocycles. The Labute approximate surface area is 232 Å².